The zero-order valence-electron chi connectivity index (χ0n) is 15.3. The molecule has 0 aliphatic rings. The van der Waals surface area contributed by atoms with Gasteiger partial charge in [-0.25, -0.2) is 9.37 Å². The van der Waals surface area contributed by atoms with Crippen LogP contribution in [0.4, 0.5) is 4.39 Å². The molecule has 0 saturated carbocycles. The number of nitrogens with one attached hydrogen (secondary N) is 1. The number of nitrogens with zero attached hydrogens (tertiary/aromatic N) is 1. The Balaban J connectivity index is 1.93. The minimum absolute atomic E-state index is 0.258. The van der Waals surface area contributed by atoms with E-state index in [1.165, 1.54) is 6.07 Å². The summed E-state index contributed by atoms with van der Waals surface area (Å²) in [5, 5.41) is 1.85. The highest BCUT2D eigenvalue weighted by Crippen LogP contribution is 2.35. The fourth-order valence-corrected chi connectivity index (χ4v) is 3.60. The number of hydrogen-bond acceptors (Lipinski definition) is 3. The first-order valence-corrected chi connectivity index (χ1v) is 9.16. The molecule has 0 unspecified atom stereocenters. The summed E-state index contributed by atoms with van der Waals surface area (Å²) in [6, 6.07) is 14.9. The number of para-hydroxylation sites is 2. The van der Waals surface area contributed by atoms with Crippen molar-refractivity contribution in [3.63, 3.8) is 0 Å². The maximum atomic E-state index is 14.4. The van der Waals surface area contributed by atoms with Gasteiger partial charge in [0.1, 0.15) is 11.6 Å². The number of rotatable bonds is 6. The smallest absolute Gasteiger partial charge is 0.147 e. The van der Waals surface area contributed by atoms with Gasteiger partial charge < -0.3 is 15.5 Å². The second-order valence-corrected chi connectivity index (χ2v) is 6.61. The molecule has 0 saturated heterocycles. The topological polar surface area (TPSA) is 63.9 Å². The van der Waals surface area contributed by atoms with E-state index < -0.39 is 0 Å². The molecule has 0 aliphatic heterocycles. The van der Waals surface area contributed by atoms with Crippen LogP contribution in [0.5, 0.6) is 5.75 Å². The lowest BCUT2D eigenvalue weighted by atomic mass is 10.0. The standard InChI is InChI=1S/C22H22FN3O/c1-27-20-13-19(25-18-11-3-2-8-16(18)20)22-15(7-4-5-12-24)14-9-6-10-17(23)21(14)26-22/h2-3,6,8-11,13,26H,4-5,7,12,24H2,1H3. The van der Waals surface area contributed by atoms with Crippen LogP contribution >= 0.6 is 0 Å². The number of nitrogens with two attached hydrogens (primary N) is 1. The number of aryl methyl sites for hydroxylation is 1. The van der Waals surface area contributed by atoms with E-state index >= 15 is 0 Å². The van der Waals surface area contributed by atoms with Crippen molar-refractivity contribution >= 4 is 21.8 Å². The number of halogens is 1. The lowest BCUT2D eigenvalue weighted by Crippen LogP contribution is -1.99. The molecule has 0 spiro atoms. The van der Waals surface area contributed by atoms with Gasteiger partial charge in [0.15, 0.2) is 0 Å². The van der Waals surface area contributed by atoms with E-state index in [1.807, 2.05) is 36.4 Å². The quantitative estimate of drug-likeness (QED) is 0.483. The largest absolute Gasteiger partial charge is 0.496 e. The SMILES string of the molecule is COc1cc(-c2[nH]c3c(F)cccc3c2CCCCN)nc2ccccc12. The Morgan fingerprint density at radius 2 is 1.89 bits per heavy atom. The van der Waals surface area contributed by atoms with Gasteiger partial charge in [0, 0.05) is 16.8 Å². The molecule has 0 radical (unpaired) electrons. The number of aromatic amines is 1. The average molecular weight is 363 g/mol. The molecule has 2 heterocycles. The molecular formula is C22H22FN3O. The van der Waals surface area contributed by atoms with Crippen molar-refractivity contribution in [2.24, 2.45) is 5.73 Å². The van der Waals surface area contributed by atoms with Gasteiger partial charge in [0.25, 0.3) is 0 Å². The molecule has 4 nitrogen and oxygen atoms in total. The van der Waals surface area contributed by atoms with Crippen LogP contribution in [-0.4, -0.2) is 23.6 Å². The Kier molecular flexibility index (Phi) is 4.77. The molecule has 27 heavy (non-hydrogen) atoms. The summed E-state index contributed by atoms with van der Waals surface area (Å²) in [5.74, 6) is 0.495. The number of pyridine rings is 1. The van der Waals surface area contributed by atoms with Gasteiger partial charge in [-0.1, -0.05) is 24.3 Å². The molecule has 4 aromatic rings. The Bertz CT molecular complexity index is 1100. The van der Waals surface area contributed by atoms with Crippen LogP contribution < -0.4 is 10.5 Å². The zero-order chi connectivity index (χ0) is 18.8. The monoisotopic (exact) mass is 363 g/mol. The third kappa shape index (κ3) is 3.15. The van der Waals surface area contributed by atoms with Crippen LogP contribution in [0, 0.1) is 5.82 Å². The summed E-state index contributed by atoms with van der Waals surface area (Å²) in [5.41, 5.74) is 9.69. The van der Waals surface area contributed by atoms with Crippen molar-refractivity contribution in [2.45, 2.75) is 19.3 Å². The normalized spacial score (nSPS) is 11.4. The summed E-state index contributed by atoms with van der Waals surface area (Å²) >= 11 is 0. The van der Waals surface area contributed by atoms with Crippen LogP contribution in [0.1, 0.15) is 18.4 Å². The second kappa shape index (κ2) is 7.37. The lowest BCUT2D eigenvalue weighted by molar-refractivity contribution is 0.419. The molecule has 0 aliphatic carbocycles. The summed E-state index contributed by atoms with van der Waals surface area (Å²) in [6.45, 7) is 0.647. The molecule has 5 heteroatoms. The van der Waals surface area contributed by atoms with Gasteiger partial charge in [-0.2, -0.15) is 0 Å². The molecule has 4 rings (SSSR count). The van der Waals surface area contributed by atoms with Crippen molar-refractivity contribution in [2.75, 3.05) is 13.7 Å². The molecule has 3 N–H and O–H groups in total. The highest BCUT2D eigenvalue weighted by molar-refractivity contribution is 5.93. The minimum atomic E-state index is -0.258. The molecule has 2 aromatic carbocycles. The first-order valence-electron chi connectivity index (χ1n) is 9.16. The lowest BCUT2D eigenvalue weighted by Gasteiger charge is -2.10. The summed E-state index contributed by atoms with van der Waals surface area (Å²) in [7, 11) is 1.65. The molecule has 0 bridgehead atoms. The Labute approximate surface area is 157 Å². The van der Waals surface area contributed by atoms with Gasteiger partial charge in [-0.3, -0.25) is 0 Å². The number of hydrogen-bond donors (Lipinski definition) is 2. The predicted octanol–water partition coefficient (Wildman–Crippen LogP) is 4.81. The highest BCUT2D eigenvalue weighted by atomic mass is 19.1. The summed E-state index contributed by atoms with van der Waals surface area (Å²) < 4.78 is 20.0. The Morgan fingerprint density at radius 3 is 2.70 bits per heavy atom. The maximum absolute atomic E-state index is 14.4. The van der Waals surface area contributed by atoms with E-state index in [0.29, 0.717) is 12.1 Å². The van der Waals surface area contributed by atoms with Gasteiger partial charge in [0.2, 0.25) is 0 Å². The molecule has 0 atom stereocenters. The third-order valence-corrected chi connectivity index (χ3v) is 4.93. The number of benzene rings is 2. The maximum Gasteiger partial charge on any atom is 0.147 e. The Morgan fingerprint density at radius 1 is 1.07 bits per heavy atom. The van der Waals surface area contributed by atoms with Gasteiger partial charge in [-0.05, 0) is 49.6 Å². The molecule has 138 valence electrons. The second-order valence-electron chi connectivity index (χ2n) is 6.61. The van der Waals surface area contributed by atoms with E-state index in [9.17, 15) is 4.39 Å². The number of H-pyrrole nitrogens is 1. The number of methoxy groups -OCH3 is 1. The van der Waals surface area contributed by atoms with Gasteiger partial charge in [0.05, 0.1) is 29.5 Å². The summed E-state index contributed by atoms with van der Waals surface area (Å²) in [4.78, 5) is 8.08. The number of aromatic nitrogens is 2. The molecule has 0 amide bonds. The highest BCUT2D eigenvalue weighted by Gasteiger charge is 2.18. The first kappa shape index (κ1) is 17.5. The van der Waals surface area contributed by atoms with Crippen LogP contribution in [0.15, 0.2) is 48.5 Å². The van der Waals surface area contributed by atoms with Crippen LogP contribution in [-0.2, 0) is 6.42 Å². The average Bonchev–Trinajstić information content (AvgIpc) is 3.07. The molecule has 0 fully saturated rings. The number of fused-ring (bicyclic) bond motifs is 2. The van der Waals surface area contributed by atoms with Gasteiger partial charge >= 0.3 is 0 Å². The van der Waals surface area contributed by atoms with Crippen molar-refractivity contribution in [3.8, 4) is 17.1 Å². The fourth-order valence-electron chi connectivity index (χ4n) is 3.60. The zero-order valence-corrected chi connectivity index (χ0v) is 15.3. The van der Waals surface area contributed by atoms with E-state index in [0.717, 1.165) is 58.3 Å². The summed E-state index contributed by atoms with van der Waals surface area (Å²) in [6.07, 6.45) is 2.68. The van der Waals surface area contributed by atoms with E-state index in [4.69, 9.17) is 15.5 Å². The van der Waals surface area contributed by atoms with Crippen molar-refractivity contribution in [1.29, 1.82) is 0 Å². The van der Waals surface area contributed by atoms with Crippen molar-refractivity contribution < 1.29 is 9.13 Å². The fraction of sp³-hybridized carbons (Fsp3) is 0.227. The first-order chi connectivity index (χ1) is 13.2. The van der Waals surface area contributed by atoms with E-state index in [2.05, 4.69) is 4.98 Å². The molecule has 2 aromatic heterocycles. The van der Waals surface area contributed by atoms with E-state index in [1.54, 1.807) is 13.2 Å². The van der Waals surface area contributed by atoms with Crippen LogP contribution in [0.25, 0.3) is 33.2 Å². The van der Waals surface area contributed by atoms with E-state index in [-0.39, 0.29) is 5.82 Å². The molecular weight excluding hydrogens is 341 g/mol. The van der Waals surface area contributed by atoms with Crippen LogP contribution in [0.3, 0.4) is 0 Å². The Hall–Kier alpha value is -2.92. The predicted molar refractivity (Wildman–Crippen MR) is 108 cm³/mol. The van der Waals surface area contributed by atoms with Crippen molar-refractivity contribution in [3.05, 3.63) is 59.9 Å². The van der Waals surface area contributed by atoms with Crippen LogP contribution in [0.2, 0.25) is 0 Å². The minimum Gasteiger partial charge on any atom is -0.496 e. The van der Waals surface area contributed by atoms with Crippen molar-refractivity contribution in [1.82, 2.24) is 9.97 Å². The van der Waals surface area contributed by atoms with Gasteiger partial charge in [-0.15, -0.1) is 0 Å². The third-order valence-electron chi connectivity index (χ3n) is 4.93. The number of ether oxygens (including phenoxy) is 1. The number of unbranched alkanes of at least 4 members (excludes halogenated alkanes) is 1.